The molecule has 0 radical (unpaired) electrons. The lowest BCUT2D eigenvalue weighted by Crippen LogP contribution is -2.07. The molecule has 0 aliphatic heterocycles. The van der Waals surface area contributed by atoms with E-state index in [1.165, 1.54) is 12.3 Å². The zero-order valence-electron chi connectivity index (χ0n) is 12.9. The van der Waals surface area contributed by atoms with Crippen molar-refractivity contribution in [1.82, 2.24) is 4.98 Å². The van der Waals surface area contributed by atoms with Gasteiger partial charge in [-0.2, -0.15) is 5.26 Å². The average Bonchev–Trinajstić information content (AvgIpc) is 2.58. The molecule has 2 rings (SSSR count). The molecular weight excluding hydrogens is 328 g/mol. The summed E-state index contributed by atoms with van der Waals surface area (Å²) in [6.07, 6.45) is 3.41. The average molecular weight is 345 g/mol. The van der Waals surface area contributed by atoms with Crippen LogP contribution in [-0.4, -0.2) is 29.1 Å². The number of carbonyl (C=O) groups is 1. The highest BCUT2D eigenvalue weighted by Gasteiger charge is 2.03. The van der Waals surface area contributed by atoms with E-state index in [0.29, 0.717) is 10.6 Å². The summed E-state index contributed by atoms with van der Waals surface area (Å²) < 4.78 is 0. The van der Waals surface area contributed by atoms with E-state index < -0.39 is 5.97 Å². The minimum Gasteiger partial charge on any atom is -0.477 e. The summed E-state index contributed by atoms with van der Waals surface area (Å²) in [6.45, 7) is 1.56. The number of nitrogens with one attached hydrogen (secondary N) is 2. The van der Waals surface area contributed by atoms with Crippen molar-refractivity contribution in [2.75, 3.05) is 23.7 Å². The first-order valence-corrected chi connectivity index (χ1v) is 7.84. The fraction of sp³-hybridized carbons (Fsp3) is 0.235. The number of halogens is 1. The number of aromatic nitrogens is 1. The Morgan fingerprint density at radius 2 is 1.83 bits per heavy atom. The summed E-state index contributed by atoms with van der Waals surface area (Å²) in [7, 11) is 0. The largest absolute Gasteiger partial charge is 0.477 e. The van der Waals surface area contributed by atoms with E-state index in [4.69, 9.17) is 22.0 Å². The van der Waals surface area contributed by atoms with Crippen LogP contribution in [0.15, 0.2) is 36.5 Å². The van der Waals surface area contributed by atoms with Crippen molar-refractivity contribution < 1.29 is 9.90 Å². The van der Waals surface area contributed by atoms with E-state index in [-0.39, 0.29) is 5.69 Å². The Balaban J connectivity index is 1.65. The van der Waals surface area contributed by atoms with Crippen molar-refractivity contribution in [3.63, 3.8) is 0 Å². The SMILES string of the molecule is N#Cc1ccc(NCCCCNc2ccc(C(=O)O)nc2)cc1Cl. The Kier molecular flexibility index (Phi) is 6.41. The van der Waals surface area contributed by atoms with Gasteiger partial charge in [0.1, 0.15) is 11.8 Å². The van der Waals surface area contributed by atoms with Gasteiger partial charge in [0.2, 0.25) is 0 Å². The molecule has 0 aliphatic carbocycles. The maximum absolute atomic E-state index is 10.7. The standard InChI is InChI=1S/C17H17ClN4O2/c18-15-9-13(4-3-12(15)10-19)20-7-1-2-8-21-14-5-6-16(17(23)24)22-11-14/h3-6,9,11,20-21H,1-2,7-8H2,(H,23,24). The second-order valence-electron chi connectivity index (χ2n) is 5.10. The number of anilines is 2. The first kappa shape index (κ1) is 17.6. The number of carboxylic acid groups (broad SMARTS) is 1. The third kappa shape index (κ3) is 5.14. The number of pyridine rings is 1. The van der Waals surface area contributed by atoms with Gasteiger partial charge in [-0.05, 0) is 43.2 Å². The molecule has 124 valence electrons. The molecule has 0 unspecified atom stereocenters. The van der Waals surface area contributed by atoms with Gasteiger partial charge in [-0.25, -0.2) is 9.78 Å². The molecule has 3 N–H and O–H groups in total. The lowest BCUT2D eigenvalue weighted by molar-refractivity contribution is 0.0690. The summed E-state index contributed by atoms with van der Waals surface area (Å²) in [5, 5.41) is 24.5. The molecule has 1 heterocycles. The van der Waals surface area contributed by atoms with Gasteiger partial charge in [0.15, 0.2) is 0 Å². The second-order valence-corrected chi connectivity index (χ2v) is 5.51. The van der Waals surface area contributed by atoms with Gasteiger partial charge in [-0.15, -0.1) is 0 Å². The monoisotopic (exact) mass is 344 g/mol. The smallest absolute Gasteiger partial charge is 0.354 e. The molecule has 0 amide bonds. The van der Waals surface area contributed by atoms with Crippen molar-refractivity contribution in [2.45, 2.75) is 12.8 Å². The number of carboxylic acids is 1. The maximum Gasteiger partial charge on any atom is 0.354 e. The van der Waals surface area contributed by atoms with Gasteiger partial charge < -0.3 is 15.7 Å². The third-order valence-corrected chi connectivity index (χ3v) is 3.65. The van der Waals surface area contributed by atoms with Crippen LogP contribution in [0.1, 0.15) is 28.9 Å². The maximum atomic E-state index is 10.7. The van der Waals surface area contributed by atoms with E-state index >= 15 is 0 Å². The predicted octanol–water partition coefficient (Wildman–Crippen LogP) is 3.61. The highest BCUT2D eigenvalue weighted by atomic mass is 35.5. The zero-order valence-corrected chi connectivity index (χ0v) is 13.7. The number of rotatable bonds is 8. The van der Waals surface area contributed by atoms with Crippen LogP contribution >= 0.6 is 11.6 Å². The highest BCUT2D eigenvalue weighted by Crippen LogP contribution is 2.20. The number of hydrogen-bond donors (Lipinski definition) is 3. The van der Waals surface area contributed by atoms with Gasteiger partial charge >= 0.3 is 5.97 Å². The number of nitrogens with zero attached hydrogens (tertiary/aromatic N) is 2. The van der Waals surface area contributed by atoms with E-state index in [0.717, 1.165) is 37.3 Å². The molecule has 0 fully saturated rings. The van der Waals surface area contributed by atoms with Crippen LogP contribution in [-0.2, 0) is 0 Å². The lowest BCUT2D eigenvalue weighted by atomic mass is 10.2. The van der Waals surface area contributed by atoms with Crippen molar-refractivity contribution in [3.8, 4) is 6.07 Å². The van der Waals surface area contributed by atoms with E-state index in [9.17, 15) is 4.79 Å². The molecule has 0 spiro atoms. The summed E-state index contributed by atoms with van der Waals surface area (Å²) in [5.74, 6) is -1.03. The molecule has 0 saturated heterocycles. The highest BCUT2D eigenvalue weighted by molar-refractivity contribution is 6.32. The van der Waals surface area contributed by atoms with Crippen molar-refractivity contribution >= 4 is 28.9 Å². The topological polar surface area (TPSA) is 98.0 Å². The summed E-state index contributed by atoms with van der Waals surface area (Å²) >= 11 is 5.98. The van der Waals surface area contributed by atoms with Crippen LogP contribution in [0, 0.1) is 11.3 Å². The van der Waals surface area contributed by atoms with Gasteiger partial charge in [0.05, 0.1) is 22.5 Å². The van der Waals surface area contributed by atoms with Crippen LogP contribution in [0.2, 0.25) is 5.02 Å². The Morgan fingerprint density at radius 1 is 1.17 bits per heavy atom. The van der Waals surface area contributed by atoms with Gasteiger partial charge in [0.25, 0.3) is 0 Å². The normalized spacial score (nSPS) is 10.0. The predicted molar refractivity (Wildman–Crippen MR) is 93.6 cm³/mol. The summed E-state index contributed by atoms with van der Waals surface area (Å²) in [5.41, 5.74) is 2.19. The van der Waals surface area contributed by atoms with Gasteiger partial charge in [-0.3, -0.25) is 0 Å². The zero-order chi connectivity index (χ0) is 17.4. The summed E-state index contributed by atoms with van der Waals surface area (Å²) in [6, 6.07) is 10.5. The molecule has 24 heavy (non-hydrogen) atoms. The van der Waals surface area contributed by atoms with Crippen LogP contribution < -0.4 is 10.6 Å². The van der Waals surface area contributed by atoms with Crippen molar-refractivity contribution in [1.29, 1.82) is 5.26 Å². The Labute approximate surface area is 145 Å². The molecular formula is C17H17ClN4O2. The number of benzene rings is 1. The quantitative estimate of drug-likeness (QED) is 0.633. The molecule has 7 heteroatoms. The molecule has 0 atom stereocenters. The Hall–Kier alpha value is -2.78. The molecule has 0 bridgehead atoms. The summed E-state index contributed by atoms with van der Waals surface area (Å²) in [4.78, 5) is 14.5. The van der Waals surface area contributed by atoms with Gasteiger partial charge in [-0.1, -0.05) is 11.6 Å². The molecule has 1 aromatic carbocycles. The van der Waals surface area contributed by atoms with Crippen LogP contribution in [0.25, 0.3) is 0 Å². The molecule has 0 aliphatic rings. The lowest BCUT2D eigenvalue weighted by Gasteiger charge is -2.08. The second kappa shape index (κ2) is 8.75. The first-order chi connectivity index (χ1) is 11.6. The Morgan fingerprint density at radius 3 is 2.38 bits per heavy atom. The first-order valence-electron chi connectivity index (χ1n) is 7.47. The van der Waals surface area contributed by atoms with E-state index in [2.05, 4.69) is 15.6 Å². The minimum atomic E-state index is -1.03. The Bertz CT molecular complexity index is 741. The van der Waals surface area contributed by atoms with Crippen molar-refractivity contribution in [2.24, 2.45) is 0 Å². The van der Waals surface area contributed by atoms with E-state index in [1.54, 1.807) is 18.2 Å². The number of aromatic carboxylic acids is 1. The van der Waals surface area contributed by atoms with Crippen LogP contribution in [0.5, 0.6) is 0 Å². The number of nitriles is 1. The fourth-order valence-electron chi connectivity index (χ4n) is 2.06. The number of hydrogen-bond acceptors (Lipinski definition) is 5. The molecule has 0 saturated carbocycles. The molecule has 6 nitrogen and oxygen atoms in total. The third-order valence-electron chi connectivity index (χ3n) is 3.33. The van der Waals surface area contributed by atoms with E-state index in [1.807, 2.05) is 12.1 Å². The fourth-order valence-corrected chi connectivity index (χ4v) is 2.28. The van der Waals surface area contributed by atoms with Crippen LogP contribution in [0.4, 0.5) is 11.4 Å². The number of unbranched alkanes of at least 4 members (excludes halogenated alkanes) is 1. The van der Waals surface area contributed by atoms with Crippen LogP contribution in [0.3, 0.4) is 0 Å². The molecule has 2 aromatic rings. The van der Waals surface area contributed by atoms with Gasteiger partial charge in [0, 0.05) is 18.8 Å². The van der Waals surface area contributed by atoms with Crippen molar-refractivity contribution in [3.05, 3.63) is 52.8 Å². The minimum absolute atomic E-state index is 0.0332. The molecule has 1 aromatic heterocycles.